The van der Waals surface area contributed by atoms with E-state index in [2.05, 4.69) is 30.5 Å². The van der Waals surface area contributed by atoms with E-state index in [9.17, 15) is 9.59 Å². The van der Waals surface area contributed by atoms with Gasteiger partial charge in [0.05, 0.1) is 23.4 Å². The highest BCUT2D eigenvalue weighted by molar-refractivity contribution is 8.18. The number of nitrogens with one attached hydrogen (secondary N) is 2. The Bertz CT molecular complexity index is 991. The predicted octanol–water partition coefficient (Wildman–Crippen LogP) is 2.21. The molecular formula is C21H24N6O3S. The minimum Gasteiger partial charge on any atom is -0.481 e. The zero-order chi connectivity index (χ0) is 21.6. The lowest BCUT2D eigenvalue weighted by Crippen LogP contribution is -2.38. The average Bonchev–Trinajstić information content (AvgIpc) is 3.11. The number of thioether (sulfide) groups is 1. The second-order valence-electron chi connectivity index (χ2n) is 7.37. The first-order valence-corrected chi connectivity index (χ1v) is 11.0. The monoisotopic (exact) mass is 440 g/mol. The first-order valence-electron chi connectivity index (χ1n) is 10.1. The molecule has 2 aliphatic rings. The van der Waals surface area contributed by atoms with Gasteiger partial charge in [0, 0.05) is 31.9 Å². The van der Waals surface area contributed by atoms with Crippen molar-refractivity contribution < 1.29 is 14.3 Å². The second kappa shape index (κ2) is 9.88. The van der Waals surface area contributed by atoms with E-state index in [4.69, 9.17) is 4.74 Å². The maximum Gasteiger partial charge on any atom is 0.290 e. The Labute approximate surface area is 184 Å². The highest BCUT2D eigenvalue weighted by atomic mass is 32.2. The minimum absolute atomic E-state index is 0.352. The van der Waals surface area contributed by atoms with Crippen molar-refractivity contribution in [3.63, 3.8) is 0 Å². The molecule has 4 rings (SSSR count). The SMILES string of the molecule is COc1cccc(CNCC2CCN(c3nccc(/C=C4\SC(=O)NC4=O)n3)CC2)n1. The van der Waals surface area contributed by atoms with Crippen molar-refractivity contribution in [2.45, 2.75) is 19.4 Å². The summed E-state index contributed by atoms with van der Waals surface area (Å²) in [6, 6.07) is 7.51. The maximum absolute atomic E-state index is 11.7. The van der Waals surface area contributed by atoms with E-state index in [1.54, 1.807) is 25.4 Å². The van der Waals surface area contributed by atoms with Crippen LogP contribution in [0.25, 0.3) is 6.08 Å². The third kappa shape index (κ3) is 5.59. The fourth-order valence-electron chi connectivity index (χ4n) is 3.56. The van der Waals surface area contributed by atoms with Crippen molar-refractivity contribution in [2.24, 2.45) is 5.92 Å². The molecule has 0 unspecified atom stereocenters. The van der Waals surface area contributed by atoms with E-state index in [0.717, 1.165) is 49.9 Å². The summed E-state index contributed by atoms with van der Waals surface area (Å²) in [7, 11) is 1.62. The predicted molar refractivity (Wildman–Crippen MR) is 119 cm³/mol. The van der Waals surface area contributed by atoms with Crippen LogP contribution in [0.3, 0.4) is 0 Å². The molecule has 2 aromatic rings. The normalized spacial score (nSPS) is 18.5. The highest BCUT2D eigenvalue weighted by Crippen LogP contribution is 2.26. The standard InChI is InChI=1S/C21H24N6O3S/c1-30-18-4-2-3-16(24-18)13-22-12-14-6-9-27(10-7-14)20-23-8-5-15(25-20)11-17-19(28)26-21(29)31-17/h2-5,8,11,14,22H,6-7,9-10,12-13H2,1H3,(H,26,28,29)/b17-11-. The van der Waals surface area contributed by atoms with Crippen molar-refractivity contribution >= 4 is 34.9 Å². The Morgan fingerprint density at radius 1 is 1.26 bits per heavy atom. The van der Waals surface area contributed by atoms with E-state index in [1.807, 2.05) is 18.2 Å². The summed E-state index contributed by atoms with van der Waals surface area (Å²) in [6.45, 7) is 3.39. The molecule has 4 heterocycles. The van der Waals surface area contributed by atoms with Gasteiger partial charge in [0.2, 0.25) is 11.8 Å². The number of piperidine rings is 1. The minimum atomic E-state index is -0.382. The quantitative estimate of drug-likeness (QED) is 0.626. The van der Waals surface area contributed by atoms with Crippen molar-refractivity contribution in [1.29, 1.82) is 0 Å². The molecule has 2 amide bonds. The Kier molecular flexibility index (Phi) is 6.78. The number of aromatic nitrogens is 3. The van der Waals surface area contributed by atoms with Crippen molar-refractivity contribution in [3.05, 3.63) is 46.8 Å². The zero-order valence-electron chi connectivity index (χ0n) is 17.2. The Balaban J connectivity index is 1.27. The van der Waals surface area contributed by atoms with Crippen LogP contribution in [-0.4, -0.2) is 52.8 Å². The molecule has 9 nitrogen and oxygen atoms in total. The lowest BCUT2D eigenvalue weighted by Gasteiger charge is -2.32. The number of ether oxygens (including phenoxy) is 1. The number of imide groups is 1. The van der Waals surface area contributed by atoms with Crippen LogP contribution in [0.2, 0.25) is 0 Å². The second-order valence-corrected chi connectivity index (χ2v) is 8.38. The number of amides is 2. The molecule has 10 heteroatoms. The maximum atomic E-state index is 11.7. The molecule has 0 aromatic carbocycles. The molecule has 31 heavy (non-hydrogen) atoms. The first kappa shape index (κ1) is 21.3. The van der Waals surface area contributed by atoms with Gasteiger partial charge >= 0.3 is 0 Å². The number of hydrogen-bond acceptors (Lipinski definition) is 9. The molecule has 0 radical (unpaired) electrons. The number of carbonyl (C=O) groups is 2. The number of nitrogens with zero attached hydrogens (tertiary/aromatic N) is 4. The summed E-state index contributed by atoms with van der Waals surface area (Å²) >= 11 is 0.887. The van der Waals surface area contributed by atoms with E-state index >= 15 is 0 Å². The summed E-state index contributed by atoms with van der Waals surface area (Å²) in [6.07, 6.45) is 5.39. The molecule has 0 aliphatic carbocycles. The lowest BCUT2D eigenvalue weighted by molar-refractivity contribution is -0.115. The molecule has 2 fully saturated rings. The Morgan fingerprint density at radius 3 is 2.84 bits per heavy atom. The number of methoxy groups -OCH3 is 1. The molecule has 0 saturated carbocycles. The third-order valence-electron chi connectivity index (χ3n) is 5.21. The fourth-order valence-corrected chi connectivity index (χ4v) is 4.23. The summed E-state index contributed by atoms with van der Waals surface area (Å²) in [5, 5.41) is 5.38. The third-order valence-corrected chi connectivity index (χ3v) is 6.02. The molecule has 162 valence electrons. The molecular weight excluding hydrogens is 416 g/mol. The molecule has 2 N–H and O–H groups in total. The summed E-state index contributed by atoms with van der Waals surface area (Å²) in [5.41, 5.74) is 1.58. The number of carbonyl (C=O) groups excluding carboxylic acids is 2. The number of anilines is 1. The van der Waals surface area contributed by atoms with Gasteiger partial charge in [0.15, 0.2) is 0 Å². The summed E-state index contributed by atoms with van der Waals surface area (Å²) in [5.74, 6) is 1.48. The van der Waals surface area contributed by atoms with Crippen LogP contribution in [0.1, 0.15) is 24.2 Å². The first-order chi connectivity index (χ1) is 15.1. The summed E-state index contributed by atoms with van der Waals surface area (Å²) < 4.78 is 5.16. The highest BCUT2D eigenvalue weighted by Gasteiger charge is 2.25. The van der Waals surface area contributed by atoms with Crippen LogP contribution in [0.15, 0.2) is 35.4 Å². The van der Waals surface area contributed by atoms with E-state index < -0.39 is 0 Å². The van der Waals surface area contributed by atoms with E-state index in [-0.39, 0.29) is 11.1 Å². The molecule has 2 aromatic heterocycles. The van der Waals surface area contributed by atoms with Crippen molar-refractivity contribution in [1.82, 2.24) is 25.6 Å². The largest absolute Gasteiger partial charge is 0.481 e. The van der Waals surface area contributed by atoms with Crippen LogP contribution in [-0.2, 0) is 11.3 Å². The van der Waals surface area contributed by atoms with Crippen LogP contribution >= 0.6 is 11.8 Å². The van der Waals surface area contributed by atoms with Crippen LogP contribution in [0, 0.1) is 5.92 Å². The van der Waals surface area contributed by atoms with Gasteiger partial charge < -0.3 is 15.0 Å². The van der Waals surface area contributed by atoms with Gasteiger partial charge in [0.25, 0.3) is 11.1 Å². The fraction of sp³-hybridized carbons (Fsp3) is 0.381. The van der Waals surface area contributed by atoms with E-state index in [0.29, 0.717) is 34.9 Å². The van der Waals surface area contributed by atoms with Gasteiger partial charge in [-0.2, -0.15) is 0 Å². The molecule has 2 aliphatic heterocycles. The van der Waals surface area contributed by atoms with Gasteiger partial charge in [0.1, 0.15) is 0 Å². The lowest BCUT2D eigenvalue weighted by atomic mass is 9.97. The van der Waals surface area contributed by atoms with Crippen LogP contribution in [0.5, 0.6) is 5.88 Å². The topological polar surface area (TPSA) is 109 Å². The van der Waals surface area contributed by atoms with E-state index in [1.165, 1.54) is 0 Å². The number of rotatable bonds is 7. The van der Waals surface area contributed by atoms with Crippen LogP contribution in [0.4, 0.5) is 10.7 Å². The van der Waals surface area contributed by atoms with Gasteiger partial charge in [-0.3, -0.25) is 14.9 Å². The van der Waals surface area contributed by atoms with Crippen molar-refractivity contribution in [2.75, 3.05) is 31.6 Å². The van der Waals surface area contributed by atoms with Crippen molar-refractivity contribution in [3.8, 4) is 5.88 Å². The summed E-state index contributed by atoms with van der Waals surface area (Å²) in [4.78, 5) is 38.9. The average molecular weight is 441 g/mol. The number of hydrogen-bond donors (Lipinski definition) is 2. The van der Waals surface area contributed by atoms with Gasteiger partial charge in [-0.05, 0) is 55.3 Å². The smallest absolute Gasteiger partial charge is 0.290 e. The molecule has 2 saturated heterocycles. The Hall–Kier alpha value is -2.98. The Morgan fingerprint density at radius 2 is 2.10 bits per heavy atom. The van der Waals surface area contributed by atoms with Gasteiger partial charge in [-0.25, -0.2) is 15.0 Å². The number of pyridine rings is 1. The molecule has 0 bridgehead atoms. The van der Waals surface area contributed by atoms with Crippen LogP contribution < -0.4 is 20.3 Å². The van der Waals surface area contributed by atoms with Gasteiger partial charge in [-0.15, -0.1) is 0 Å². The zero-order valence-corrected chi connectivity index (χ0v) is 18.0. The molecule has 0 atom stereocenters. The van der Waals surface area contributed by atoms with Gasteiger partial charge in [-0.1, -0.05) is 6.07 Å². The molecule has 0 spiro atoms.